The van der Waals surface area contributed by atoms with Gasteiger partial charge in [0, 0.05) is 34.7 Å². The second-order valence-corrected chi connectivity index (χ2v) is 12.1. The van der Waals surface area contributed by atoms with Crippen molar-refractivity contribution in [1.82, 2.24) is 14.7 Å². The fraction of sp³-hybridized carbons (Fsp3) is 0.419. The number of carbonyl (C=O) groups is 2. The molecule has 41 heavy (non-hydrogen) atoms. The van der Waals surface area contributed by atoms with Crippen LogP contribution < -0.4 is 14.8 Å². The molecule has 1 aromatic heterocycles. The van der Waals surface area contributed by atoms with Gasteiger partial charge in [-0.15, -0.1) is 11.3 Å². The van der Waals surface area contributed by atoms with Crippen molar-refractivity contribution in [1.29, 1.82) is 0 Å². The maximum atomic E-state index is 13.9. The van der Waals surface area contributed by atoms with E-state index in [1.165, 1.54) is 12.8 Å². The number of urea groups is 1. The van der Waals surface area contributed by atoms with Gasteiger partial charge in [0.25, 0.3) is 0 Å². The normalized spacial score (nSPS) is 13.2. The number of aryl methyl sites for hydroxylation is 1. The average molecular weight is 644 g/mol. The number of amides is 3. The van der Waals surface area contributed by atoms with E-state index in [0.29, 0.717) is 43.2 Å². The topological polar surface area (TPSA) is 74.4 Å². The largest absolute Gasteiger partial charge is 0.493 e. The fourth-order valence-electron chi connectivity index (χ4n) is 4.85. The van der Waals surface area contributed by atoms with Gasteiger partial charge in [-0.3, -0.25) is 4.79 Å². The highest BCUT2D eigenvalue weighted by Crippen LogP contribution is 2.28. The molecule has 2 heterocycles. The van der Waals surface area contributed by atoms with Gasteiger partial charge in [-0.1, -0.05) is 22.0 Å². The summed E-state index contributed by atoms with van der Waals surface area (Å²) < 4.78 is 11.8. The Morgan fingerprint density at radius 1 is 0.976 bits per heavy atom. The molecule has 1 saturated heterocycles. The Balaban J connectivity index is 1.49. The number of likely N-dealkylation sites (tertiary alicyclic amines) is 1. The average Bonchev–Trinajstić information content (AvgIpc) is 3.65. The number of halogens is 1. The van der Waals surface area contributed by atoms with Crippen molar-refractivity contribution in [3.8, 4) is 11.5 Å². The first kappa shape index (κ1) is 30.9. The number of thiophene rings is 1. The van der Waals surface area contributed by atoms with Crippen LogP contribution in [0.5, 0.6) is 11.5 Å². The van der Waals surface area contributed by atoms with Crippen molar-refractivity contribution in [2.24, 2.45) is 0 Å². The number of nitrogens with zero attached hydrogens (tertiary/aromatic N) is 3. The lowest BCUT2D eigenvalue weighted by molar-refractivity contribution is -0.132. The van der Waals surface area contributed by atoms with Crippen molar-refractivity contribution in [3.05, 3.63) is 74.4 Å². The van der Waals surface area contributed by atoms with Gasteiger partial charge in [-0.25, -0.2) is 4.79 Å². The van der Waals surface area contributed by atoms with Crippen LogP contribution in [0.15, 0.2) is 58.4 Å². The lowest BCUT2D eigenvalue weighted by Gasteiger charge is -2.29. The van der Waals surface area contributed by atoms with Gasteiger partial charge in [-0.2, -0.15) is 0 Å². The van der Waals surface area contributed by atoms with Crippen LogP contribution in [0.4, 0.5) is 10.5 Å². The Morgan fingerprint density at radius 2 is 1.71 bits per heavy atom. The summed E-state index contributed by atoms with van der Waals surface area (Å²) in [5.74, 6) is 1.25. The third kappa shape index (κ3) is 8.95. The van der Waals surface area contributed by atoms with E-state index in [0.717, 1.165) is 40.1 Å². The third-order valence-electron chi connectivity index (χ3n) is 7.37. The van der Waals surface area contributed by atoms with Crippen LogP contribution in [0.1, 0.15) is 28.8 Å². The summed E-state index contributed by atoms with van der Waals surface area (Å²) >= 11 is 5.09. The highest BCUT2D eigenvalue weighted by molar-refractivity contribution is 9.10. The Hall–Kier alpha value is -3.08. The molecule has 0 bridgehead atoms. The Labute approximate surface area is 255 Å². The molecule has 220 valence electrons. The lowest BCUT2D eigenvalue weighted by atomic mass is 10.1. The van der Waals surface area contributed by atoms with E-state index < -0.39 is 0 Å². The zero-order valence-corrected chi connectivity index (χ0v) is 26.4. The quantitative estimate of drug-likeness (QED) is 0.246. The molecule has 8 nitrogen and oxygen atoms in total. The molecule has 0 unspecified atom stereocenters. The second-order valence-electron chi connectivity index (χ2n) is 10.2. The van der Waals surface area contributed by atoms with Gasteiger partial charge in [-0.05, 0) is 98.2 Å². The minimum atomic E-state index is -0.271. The minimum Gasteiger partial charge on any atom is -0.493 e. The first-order valence-corrected chi connectivity index (χ1v) is 15.6. The Morgan fingerprint density at radius 3 is 2.37 bits per heavy atom. The molecule has 0 saturated carbocycles. The summed E-state index contributed by atoms with van der Waals surface area (Å²) in [6.45, 7) is 6.38. The highest BCUT2D eigenvalue weighted by Gasteiger charge is 2.24. The molecule has 1 aliphatic heterocycles. The molecule has 3 amide bonds. The SMILES string of the molecule is COc1ccc(CCN(Cc2sccc2C)C(=O)CN(CCN2CCCC2)C(=O)Nc2ccc(Br)cc2)cc1OC. The summed E-state index contributed by atoms with van der Waals surface area (Å²) in [7, 11) is 3.23. The maximum absolute atomic E-state index is 13.9. The zero-order valence-electron chi connectivity index (χ0n) is 24.0. The van der Waals surface area contributed by atoms with Crippen LogP contribution in [0.2, 0.25) is 0 Å². The lowest BCUT2D eigenvalue weighted by Crippen LogP contribution is -2.47. The highest BCUT2D eigenvalue weighted by atomic mass is 79.9. The van der Waals surface area contributed by atoms with E-state index in [-0.39, 0.29) is 18.5 Å². The van der Waals surface area contributed by atoms with Crippen LogP contribution in [0.3, 0.4) is 0 Å². The molecule has 2 aromatic carbocycles. The molecule has 4 rings (SSSR count). The van der Waals surface area contributed by atoms with Crippen molar-refractivity contribution in [2.45, 2.75) is 32.7 Å². The fourth-order valence-corrected chi connectivity index (χ4v) is 6.04. The molecule has 0 spiro atoms. The molecule has 0 atom stereocenters. The molecule has 1 fully saturated rings. The standard InChI is InChI=1S/C31H39BrN4O4S/c1-23-13-19-41-29(23)21-35(16-12-24-6-11-27(39-2)28(20-24)40-3)30(37)22-36(18-17-34-14-4-5-15-34)31(38)33-26-9-7-25(32)8-10-26/h6-11,13,19-20H,4-5,12,14-18,21-22H2,1-3H3,(H,33,38). The summed E-state index contributed by atoms with van der Waals surface area (Å²) in [6.07, 6.45) is 3.00. The number of rotatable bonds is 13. The van der Waals surface area contributed by atoms with Gasteiger partial charge in [0.15, 0.2) is 11.5 Å². The van der Waals surface area contributed by atoms with Gasteiger partial charge in [0.2, 0.25) is 5.91 Å². The summed E-state index contributed by atoms with van der Waals surface area (Å²) in [4.78, 5) is 34.3. The van der Waals surface area contributed by atoms with E-state index in [4.69, 9.17) is 9.47 Å². The second kappa shape index (κ2) is 15.2. The third-order valence-corrected chi connectivity index (χ3v) is 8.90. The van der Waals surface area contributed by atoms with E-state index in [1.54, 1.807) is 30.5 Å². The van der Waals surface area contributed by atoms with Crippen LogP contribution in [-0.4, -0.2) is 80.1 Å². The number of carbonyl (C=O) groups excluding carboxylic acids is 2. The van der Waals surface area contributed by atoms with Gasteiger partial charge in [0.05, 0.1) is 20.8 Å². The molecule has 10 heteroatoms. The molecule has 0 radical (unpaired) electrons. The molecule has 0 aliphatic carbocycles. The van der Waals surface area contributed by atoms with Crippen LogP contribution in [0.25, 0.3) is 0 Å². The van der Waals surface area contributed by atoms with Crippen LogP contribution in [-0.2, 0) is 17.8 Å². The van der Waals surface area contributed by atoms with Crippen LogP contribution in [0, 0.1) is 6.92 Å². The number of nitrogens with one attached hydrogen (secondary N) is 1. The number of ether oxygens (including phenoxy) is 2. The molecule has 1 aliphatic rings. The minimum absolute atomic E-state index is 0.00651. The number of anilines is 1. The van der Waals surface area contributed by atoms with E-state index in [1.807, 2.05) is 47.4 Å². The summed E-state index contributed by atoms with van der Waals surface area (Å²) in [5.41, 5.74) is 2.90. The van der Waals surface area contributed by atoms with Crippen molar-refractivity contribution in [2.75, 3.05) is 58.8 Å². The predicted octanol–water partition coefficient (Wildman–Crippen LogP) is 6.04. The van der Waals surface area contributed by atoms with Crippen molar-refractivity contribution < 1.29 is 19.1 Å². The maximum Gasteiger partial charge on any atom is 0.322 e. The van der Waals surface area contributed by atoms with Crippen molar-refractivity contribution in [3.63, 3.8) is 0 Å². The Kier molecular flexibility index (Phi) is 11.5. The van der Waals surface area contributed by atoms with E-state index >= 15 is 0 Å². The molecular weight excluding hydrogens is 604 g/mol. The van der Waals surface area contributed by atoms with Gasteiger partial charge in [0.1, 0.15) is 6.54 Å². The Bertz CT molecular complexity index is 1290. The van der Waals surface area contributed by atoms with Crippen LogP contribution >= 0.6 is 27.3 Å². The number of benzene rings is 2. The zero-order chi connectivity index (χ0) is 29.2. The predicted molar refractivity (Wildman–Crippen MR) is 168 cm³/mol. The first-order chi connectivity index (χ1) is 19.9. The van der Waals surface area contributed by atoms with Crippen molar-refractivity contribution >= 4 is 44.9 Å². The van der Waals surface area contributed by atoms with E-state index in [2.05, 4.69) is 44.5 Å². The monoisotopic (exact) mass is 642 g/mol. The molecule has 1 N–H and O–H groups in total. The summed E-state index contributed by atoms with van der Waals surface area (Å²) in [5, 5.41) is 5.03. The first-order valence-electron chi connectivity index (χ1n) is 13.9. The van der Waals surface area contributed by atoms with E-state index in [9.17, 15) is 9.59 Å². The summed E-state index contributed by atoms with van der Waals surface area (Å²) in [6, 6.07) is 15.1. The number of methoxy groups -OCH3 is 2. The molecular formula is C31H39BrN4O4S. The molecule has 3 aromatic rings. The van der Waals surface area contributed by atoms with Gasteiger partial charge < -0.3 is 29.5 Å². The smallest absolute Gasteiger partial charge is 0.322 e. The van der Waals surface area contributed by atoms with Gasteiger partial charge >= 0.3 is 6.03 Å². The number of hydrogen-bond donors (Lipinski definition) is 1. The number of hydrogen-bond acceptors (Lipinski definition) is 6.